The summed E-state index contributed by atoms with van der Waals surface area (Å²) in [6, 6.07) is 3.88. The molecule has 0 aliphatic carbocycles. The lowest BCUT2D eigenvalue weighted by atomic mass is 10.1. The second-order valence-corrected chi connectivity index (χ2v) is 6.97. The third-order valence-corrected chi connectivity index (χ3v) is 4.49. The Labute approximate surface area is 110 Å². The number of nitrogens with zero attached hydrogens (tertiary/aromatic N) is 3. The van der Waals surface area contributed by atoms with Gasteiger partial charge in [-0.25, -0.2) is 4.63 Å². The Balaban J connectivity index is 2.04. The third-order valence-electron chi connectivity index (χ3n) is 3.19. The number of hydrogen-bond acceptors (Lipinski definition) is 6. The van der Waals surface area contributed by atoms with E-state index >= 15 is 0 Å². The van der Waals surface area contributed by atoms with Gasteiger partial charge < -0.3 is 10.6 Å². The second-order valence-electron chi connectivity index (χ2n) is 5.17. The van der Waals surface area contributed by atoms with Crippen molar-refractivity contribution in [2.75, 3.05) is 29.5 Å². The summed E-state index contributed by atoms with van der Waals surface area (Å²) >= 11 is 2.00. The molecule has 1 aliphatic heterocycles. The van der Waals surface area contributed by atoms with Crippen LogP contribution >= 0.6 is 11.8 Å². The number of nitrogen functional groups attached to an aromatic ring is 1. The highest BCUT2D eigenvalue weighted by Gasteiger charge is 2.28. The zero-order valence-corrected chi connectivity index (χ0v) is 11.3. The molecule has 2 N–H and O–H groups in total. The van der Waals surface area contributed by atoms with Crippen molar-refractivity contribution in [3.05, 3.63) is 12.1 Å². The maximum Gasteiger partial charge on any atom is 0.160 e. The van der Waals surface area contributed by atoms with Crippen molar-refractivity contribution < 1.29 is 4.63 Å². The van der Waals surface area contributed by atoms with E-state index < -0.39 is 0 Å². The molecule has 0 bridgehead atoms. The van der Waals surface area contributed by atoms with Crippen molar-refractivity contribution in [1.82, 2.24) is 10.3 Å². The van der Waals surface area contributed by atoms with Gasteiger partial charge in [0.1, 0.15) is 0 Å². The van der Waals surface area contributed by atoms with Crippen LogP contribution in [-0.2, 0) is 0 Å². The van der Waals surface area contributed by atoms with Crippen LogP contribution in [0.4, 0.5) is 11.4 Å². The minimum Gasteiger partial charge on any atom is -0.397 e. The number of rotatable bonds is 1. The van der Waals surface area contributed by atoms with Crippen LogP contribution in [0.15, 0.2) is 16.8 Å². The van der Waals surface area contributed by atoms with Crippen LogP contribution in [0.2, 0.25) is 0 Å². The molecule has 0 radical (unpaired) electrons. The number of aromatic nitrogens is 2. The van der Waals surface area contributed by atoms with Crippen molar-refractivity contribution in [2.45, 2.75) is 18.6 Å². The zero-order valence-electron chi connectivity index (χ0n) is 10.5. The quantitative estimate of drug-likeness (QED) is 0.796. The Kier molecular flexibility index (Phi) is 2.62. The van der Waals surface area contributed by atoms with E-state index in [0.29, 0.717) is 11.2 Å². The number of fused-ring (bicyclic) bond motifs is 1. The molecule has 1 aliphatic rings. The largest absolute Gasteiger partial charge is 0.397 e. The lowest BCUT2D eigenvalue weighted by Gasteiger charge is -2.38. The maximum atomic E-state index is 5.87. The van der Waals surface area contributed by atoms with Gasteiger partial charge in [0.25, 0.3) is 0 Å². The van der Waals surface area contributed by atoms with Gasteiger partial charge in [0.15, 0.2) is 11.0 Å². The van der Waals surface area contributed by atoms with E-state index in [1.807, 2.05) is 23.9 Å². The minimum atomic E-state index is 0.253. The van der Waals surface area contributed by atoms with E-state index in [0.717, 1.165) is 30.0 Å². The molecule has 6 heteroatoms. The molecule has 0 amide bonds. The number of anilines is 2. The van der Waals surface area contributed by atoms with Gasteiger partial charge in [-0.05, 0) is 36.3 Å². The molecule has 5 nitrogen and oxygen atoms in total. The van der Waals surface area contributed by atoms with E-state index in [4.69, 9.17) is 10.4 Å². The van der Waals surface area contributed by atoms with Gasteiger partial charge in [-0.15, -0.1) is 0 Å². The van der Waals surface area contributed by atoms with Crippen LogP contribution in [0, 0.1) is 0 Å². The predicted molar refractivity (Wildman–Crippen MR) is 75.0 cm³/mol. The molecule has 2 aromatic rings. The summed E-state index contributed by atoms with van der Waals surface area (Å²) in [4.78, 5) is 2.34. The monoisotopic (exact) mass is 264 g/mol. The summed E-state index contributed by atoms with van der Waals surface area (Å²) in [5.41, 5.74) is 8.96. The van der Waals surface area contributed by atoms with E-state index in [1.165, 1.54) is 0 Å². The van der Waals surface area contributed by atoms with Gasteiger partial charge in [0.2, 0.25) is 0 Å². The molecule has 0 saturated carbocycles. The summed E-state index contributed by atoms with van der Waals surface area (Å²) in [7, 11) is 0. The number of hydrogen-bond donors (Lipinski definition) is 1. The molecule has 1 aromatic heterocycles. The predicted octanol–water partition coefficient (Wildman–Crippen LogP) is 2.14. The van der Waals surface area contributed by atoms with Crippen LogP contribution in [0.25, 0.3) is 11.0 Å². The number of nitrogens with two attached hydrogens (primary N) is 1. The minimum absolute atomic E-state index is 0.253. The average Bonchev–Trinajstić information content (AvgIpc) is 2.78. The van der Waals surface area contributed by atoms with Gasteiger partial charge in [-0.1, -0.05) is 0 Å². The van der Waals surface area contributed by atoms with Crippen molar-refractivity contribution in [3.63, 3.8) is 0 Å². The Hall–Kier alpha value is -1.43. The first kappa shape index (κ1) is 11.6. The molecule has 1 saturated heterocycles. The van der Waals surface area contributed by atoms with Crippen LogP contribution in [-0.4, -0.2) is 33.9 Å². The molecule has 0 spiro atoms. The molecule has 3 rings (SSSR count). The Bertz CT molecular complexity index is 580. The van der Waals surface area contributed by atoms with E-state index in [9.17, 15) is 0 Å². The average molecular weight is 264 g/mol. The summed E-state index contributed by atoms with van der Waals surface area (Å²) in [6.45, 7) is 6.53. The Morgan fingerprint density at radius 1 is 1.33 bits per heavy atom. The first-order valence-electron chi connectivity index (χ1n) is 5.96. The first-order chi connectivity index (χ1) is 8.57. The van der Waals surface area contributed by atoms with Crippen molar-refractivity contribution in [3.8, 4) is 0 Å². The van der Waals surface area contributed by atoms with E-state index in [-0.39, 0.29) is 4.75 Å². The standard InChI is InChI=1S/C12H16N4OS/c1-12(2)7-16(5-6-18-12)9-4-3-8(13)10-11(9)15-17-14-10/h3-4H,5-7,13H2,1-2H3. The molecule has 0 atom stereocenters. The fourth-order valence-corrected chi connectivity index (χ4v) is 3.46. The lowest BCUT2D eigenvalue weighted by molar-refractivity contribution is 0.315. The second kappa shape index (κ2) is 4.05. The fourth-order valence-electron chi connectivity index (χ4n) is 2.35. The van der Waals surface area contributed by atoms with Gasteiger partial charge in [0, 0.05) is 23.6 Å². The molecular formula is C12H16N4OS. The summed E-state index contributed by atoms with van der Waals surface area (Å²) < 4.78 is 5.07. The normalized spacial score (nSPS) is 19.3. The van der Waals surface area contributed by atoms with Gasteiger partial charge in [-0.2, -0.15) is 11.8 Å². The third kappa shape index (κ3) is 1.90. The van der Waals surface area contributed by atoms with E-state index in [1.54, 1.807) is 0 Å². The van der Waals surface area contributed by atoms with Gasteiger partial charge in [-0.3, -0.25) is 0 Å². The highest BCUT2D eigenvalue weighted by molar-refractivity contribution is 8.00. The lowest BCUT2D eigenvalue weighted by Crippen LogP contribution is -2.43. The molecule has 0 unspecified atom stereocenters. The molecule has 1 aromatic carbocycles. The number of benzene rings is 1. The van der Waals surface area contributed by atoms with Gasteiger partial charge in [0.05, 0.1) is 11.4 Å². The SMILES string of the molecule is CC1(C)CN(c2ccc(N)c3nonc23)CCS1. The smallest absolute Gasteiger partial charge is 0.160 e. The van der Waals surface area contributed by atoms with E-state index in [2.05, 4.69) is 29.1 Å². The van der Waals surface area contributed by atoms with Crippen molar-refractivity contribution >= 4 is 34.2 Å². The summed E-state index contributed by atoms with van der Waals surface area (Å²) in [5, 5.41) is 7.85. The van der Waals surface area contributed by atoms with Crippen LogP contribution in [0.1, 0.15) is 13.8 Å². The Morgan fingerprint density at radius 3 is 2.89 bits per heavy atom. The molecule has 96 valence electrons. The van der Waals surface area contributed by atoms with Gasteiger partial charge >= 0.3 is 0 Å². The first-order valence-corrected chi connectivity index (χ1v) is 6.95. The molecular weight excluding hydrogens is 248 g/mol. The van der Waals surface area contributed by atoms with Crippen molar-refractivity contribution in [1.29, 1.82) is 0 Å². The van der Waals surface area contributed by atoms with Crippen LogP contribution in [0.5, 0.6) is 0 Å². The highest BCUT2D eigenvalue weighted by Crippen LogP contribution is 2.35. The van der Waals surface area contributed by atoms with Crippen molar-refractivity contribution in [2.24, 2.45) is 0 Å². The summed E-state index contributed by atoms with van der Waals surface area (Å²) in [5.74, 6) is 1.12. The summed E-state index contributed by atoms with van der Waals surface area (Å²) in [6.07, 6.45) is 0. The molecule has 2 heterocycles. The van der Waals surface area contributed by atoms with Crippen LogP contribution in [0.3, 0.4) is 0 Å². The van der Waals surface area contributed by atoms with Crippen LogP contribution < -0.4 is 10.6 Å². The zero-order chi connectivity index (χ0) is 12.8. The molecule has 1 fully saturated rings. The Morgan fingerprint density at radius 2 is 2.11 bits per heavy atom. The number of thioether (sulfide) groups is 1. The topological polar surface area (TPSA) is 68.2 Å². The fraction of sp³-hybridized carbons (Fsp3) is 0.500. The maximum absolute atomic E-state index is 5.87. The highest BCUT2D eigenvalue weighted by atomic mass is 32.2. The molecule has 18 heavy (non-hydrogen) atoms.